The summed E-state index contributed by atoms with van der Waals surface area (Å²) >= 11 is 0. The molecule has 5 nitrogen and oxygen atoms in total. The summed E-state index contributed by atoms with van der Waals surface area (Å²) in [5.41, 5.74) is 0.373. The van der Waals surface area contributed by atoms with Crippen LogP contribution in [0.15, 0.2) is 18.3 Å². The Morgan fingerprint density at radius 3 is 2.94 bits per heavy atom. The van der Waals surface area contributed by atoms with Gasteiger partial charge in [0.15, 0.2) is 0 Å². The van der Waals surface area contributed by atoms with Crippen LogP contribution in [0.1, 0.15) is 13.3 Å². The zero-order valence-corrected chi connectivity index (χ0v) is 9.39. The largest absolute Gasteiger partial charge is 0.492 e. The zero-order valence-electron chi connectivity index (χ0n) is 9.39. The van der Waals surface area contributed by atoms with Crippen LogP contribution in [0.4, 0.5) is 5.82 Å². The maximum Gasteiger partial charge on any atom is 0.492 e. The van der Waals surface area contributed by atoms with Gasteiger partial charge < -0.3 is 20.1 Å². The first kappa shape index (κ1) is 13.0. The molecule has 1 rings (SSSR count). The number of ether oxygens (including phenoxy) is 1. The Balaban J connectivity index is 2.41. The molecule has 0 bridgehead atoms. The molecule has 0 saturated carbocycles. The van der Waals surface area contributed by atoms with Crippen molar-refractivity contribution in [2.24, 2.45) is 0 Å². The van der Waals surface area contributed by atoms with Gasteiger partial charge >= 0.3 is 7.12 Å². The number of hydrogen-bond donors (Lipinski definition) is 3. The smallest absolute Gasteiger partial charge is 0.423 e. The van der Waals surface area contributed by atoms with E-state index in [1.807, 2.05) is 6.92 Å². The lowest BCUT2D eigenvalue weighted by Crippen LogP contribution is -2.33. The molecule has 0 amide bonds. The third-order valence-electron chi connectivity index (χ3n) is 2.00. The van der Waals surface area contributed by atoms with E-state index < -0.39 is 7.12 Å². The first-order valence-corrected chi connectivity index (χ1v) is 5.38. The van der Waals surface area contributed by atoms with Gasteiger partial charge in [0.2, 0.25) is 0 Å². The fourth-order valence-corrected chi connectivity index (χ4v) is 1.26. The zero-order chi connectivity index (χ0) is 11.8. The van der Waals surface area contributed by atoms with Crippen LogP contribution < -0.4 is 10.8 Å². The Kier molecular flexibility index (Phi) is 5.85. The van der Waals surface area contributed by atoms with E-state index in [0.717, 1.165) is 13.0 Å². The lowest BCUT2D eigenvalue weighted by molar-refractivity contribution is 0.144. The molecule has 0 radical (unpaired) electrons. The molecule has 0 unspecified atom stereocenters. The maximum atomic E-state index is 9.09. The van der Waals surface area contributed by atoms with Gasteiger partial charge in [-0.3, -0.25) is 0 Å². The molecule has 0 saturated heterocycles. The van der Waals surface area contributed by atoms with Gasteiger partial charge in [-0.2, -0.15) is 0 Å². The van der Waals surface area contributed by atoms with Crippen molar-refractivity contribution in [3.05, 3.63) is 18.3 Å². The lowest BCUT2D eigenvalue weighted by atomic mass is 9.80. The monoisotopic (exact) mass is 224 g/mol. The summed E-state index contributed by atoms with van der Waals surface area (Å²) in [7, 11) is -1.51. The molecule has 16 heavy (non-hydrogen) atoms. The molecule has 0 aliphatic carbocycles. The van der Waals surface area contributed by atoms with Crippen LogP contribution in [0, 0.1) is 0 Å². The molecule has 0 aliphatic rings. The van der Waals surface area contributed by atoms with Crippen LogP contribution in [-0.2, 0) is 4.74 Å². The van der Waals surface area contributed by atoms with Crippen molar-refractivity contribution in [1.82, 2.24) is 4.98 Å². The average Bonchev–Trinajstić information content (AvgIpc) is 2.29. The number of anilines is 1. The quantitative estimate of drug-likeness (QED) is 0.434. The number of hydrogen-bond acceptors (Lipinski definition) is 5. The highest BCUT2D eigenvalue weighted by atomic mass is 16.5. The third kappa shape index (κ3) is 4.18. The average molecular weight is 224 g/mol. The first-order chi connectivity index (χ1) is 7.75. The SMILES string of the molecule is CCCOCCNc1ncccc1B(O)O. The molecule has 1 aromatic rings. The van der Waals surface area contributed by atoms with E-state index in [2.05, 4.69) is 10.3 Å². The number of pyridine rings is 1. The predicted octanol–water partition coefficient (Wildman–Crippen LogP) is -0.400. The number of rotatable bonds is 7. The van der Waals surface area contributed by atoms with Crippen LogP contribution >= 0.6 is 0 Å². The highest BCUT2D eigenvalue weighted by Crippen LogP contribution is 1.98. The fraction of sp³-hybridized carbons (Fsp3) is 0.500. The normalized spacial score (nSPS) is 10.2. The minimum Gasteiger partial charge on any atom is -0.423 e. The minimum atomic E-state index is -1.51. The van der Waals surface area contributed by atoms with Crippen molar-refractivity contribution in [2.45, 2.75) is 13.3 Å². The second kappa shape index (κ2) is 7.21. The number of nitrogens with zero attached hydrogens (tertiary/aromatic N) is 1. The predicted molar refractivity (Wildman–Crippen MR) is 63.7 cm³/mol. The molecule has 6 heteroatoms. The van der Waals surface area contributed by atoms with Gasteiger partial charge in [0.05, 0.1) is 6.61 Å². The van der Waals surface area contributed by atoms with Crippen molar-refractivity contribution in [1.29, 1.82) is 0 Å². The Morgan fingerprint density at radius 2 is 2.25 bits per heavy atom. The van der Waals surface area contributed by atoms with Crippen molar-refractivity contribution >= 4 is 18.4 Å². The van der Waals surface area contributed by atoms with Crippen LogP contribution in [0.25, 0.3) is 0 Å². The Labute approximate surface area is 95.6 Å². The molecular formula is C10H17BN2O3. The molecule has 0 spiro atoms. The summed E-state index contributed by atoms with van der Waals surface area (Å²) in [5, 5.41) is 21.2. The third-order valence-corrected chi connectivity index (χ3v) is 2.00. The van der Waals surface area contributed by atoms with Gasteiger partial charge in [-0.1, -0.05) is 13.0 Å². The van der Waals surface area contributed by atoms with Crippen molar-refractivity contribution in [2.75, 3.05) is 25.1 Å². The maximum absolute atomic E-state index is 9.09. The first-order valence-electron chi connectivity index (χ1n) is 5.38. The molecule has 1 aromatic heterocycles. The van der Waals surface area contributed by atoms with E-state index in [0.29, 0.717) is 24.4 Å². The molecule has 88 valence electrons. The van der Waals surface area contributed by atoms with E-state index in [1.54, 1.807) is 18.3 Å². The Hall–Kier alpha value is -1.11. The number of nitrogens with one attached hydrogen (secondary N) is 1. The van der Waals surface area contributed by atoms with Crippen molar-refractivity contribution in [3.63, 3.8) is 0 Å². The van der Waals surface area contributed by atoms with Crippen LogP contribution in [0.2, 0.25) is 0 Å². The second-order valence-electron chi connectivity index (χ2n) is 3.35. The topological polar surface area (TPSA) is 74.6 Å². The summed E-state index contributed by atoms with van der Waals surface area (Å²) in [4.78, 5) is 4.03. The number of aromatic nitrogens is 1. The molecule has 1 heterocycles. The summed E-state index contributed by atoms with van der Waals surface area (Å²) in [5.74, 6) is 0.484. The summed E-state index contributed by atoms with van der Waals surface area (Å²) in [6.07, 6.45) is 2.59. The molecule has 0 aliphatic heterocycles. The highest BCUT2D eigenvalue weighted by Gasteiger charge is 2.15. The van der Waals surface area contributed by atoms with Gasteiger partial charge in [0.1, 0.15) is 5.82 Å². The van der Waals surface area contributed by atoms with Gasteiger partial charge in [0.25, 0.3) is 0 Å². The van der Waals surface area contributed by atoms with Crippen LogP contribution in [-0.4, -0.2) is 41.9 Å². The molecule has 3 N–H and O–H groups in total. The summed E-state index contributed by atoms with van der Waals surface area (Å²) in [6, 6.07) is 3.28. The van der Waals surface area contributed by atoms with Crippen LogP contribution in [0.5, 0.6) is 0 Å². The molecular weight excluding hydrogens is 207 g/mol. The molecule has 0 aromatic carbocycles. The van der Waals surface area contributed by atoms with Crippen molar-refractivity contribution < 1.29 is 14.8 Å². The standard InChI is InChI=1S/C10H17BN2O3/c1-2-7-16-8-6-13-10-9(11(14)15)4-3-5-12-10/h3-5,14-15H,2,6-8H2,1H3,(H,12,13). The molecule has 0 fully saturated rings. The van der Waals surface area contributed by atoms with Gasteiger partial charge in [-0.15, -0.1) is 0 Å². The lowest BCUT2D eigenvalue weighted by Gasteiger charge is -2.10. The summed E-state index contributed by atoms with van der Waals surface area (Å²) < 4.78 is 5.29. The van der Waals surface area contributed by atoms with Gasteiger partial charge in [-0.25, -0.2) is 4.98 Å². The van der Waals surface area contributed by atoms with Gasteiger partial charge in [-0.05, 0) is 12.5 Å². The van der Waals surface area contributed by atoms with E-state index in [-0.39, 0.29) is 0 Å². The van der Waals surface area contributed by atoms with E-state index in [1.165, 1.54) is 0 Å². The van der Waals surface area contributed by atoms with Gasteiger partial charge in [0, 0.05) is 24.8 Å². The van der Waals surface area contributed by atoms with E-state index in [4.69, 9.17) is 14.8 Å². The summed E-state index contributed by atoms with van der Waals surface area (Å²) in [6.45, 7) is 3.95. The highest BCUT2D eigenvalue weighted by molar-refractivity contribution is 6.60. The molecule has 0 atom stereocenters. The minimum absolute atomic E-state index is 0.373. The van der Waals surface area contributed by atoms with Crippen molar-refractivity contribution in [3.8, 4) is 0 Å². The van der Waals surface area contributed by atoms with E-state index in [9.17, 15) is 0 Å². The van der Waals surface area contributed by atoms with Crippen LogP contribution in [0.3, 0.4) is 0 Å². The fourth-order valence-electron chi connectivity index (χ4n) is 1.26. The Morgan fingerprint density at radius 1 is 1.44 bits per heavy atom. The second-order valence-corrected chi connectivity index (χ2v) is 3.35. The van der Waals surface area contributed by atoms with E-state index >= 15 is 0 Å². The Bertz CT molecular complexity index is 310.